The zero-order valence-electron chi connectivity index (χ0n) is 18.9. The number of thiocarbonyl (C=S) groups is 1. The van der Waals surface area contributed by atoms with Gasteiger partial charge in [0.2, 0.25) is 5.91 Å². The molecule has 0 bridgehead atoms. The van der Waals surface area contributed by atoms with Gasteiger partial charge in [0.25, 0.3) is 5.91 Å². The lowest BCUT2D eigenvalue weighted by atomic mass is 10.0. The lowest BCUT2D eigenvalue weighted by molar-refractivity contribution is -0.151. The number of carbonyl (C=O) groups is 3. The smallest absolute Gasteiger partial charge is 0.352 e. The Balaban J connectivity index is 1.57. The number of carboxylic acids is 1. The Bertz CT molecular complexity index is 1060. The van der Waals surface area contributed by atoms with E-state index in [-0.39, 0.29) is 23.4 Å². The number of aromatic hydroxyl groups is 1. The Morgan fingerprint density at radius 2 is 1.91 bits per heavy atom. The summed E-state index contributed by atoms with van der Waals surface area (Å²) < 4.78 is 0.767. The number of phenolic OH excluding ortho intramolecular Hbond substituents is 1. The molecule has 3 aliphatic rings. The standard InChI is InChI=1S/C22H26N4O5S3/c1-11(2)25-9-24(10-34-22(25)32)17(13-4-6-14(27)7-5-13)18(28)23-15-19(29)26-16(21(30)31)12(3)8-33-20(15)26/h4-7,11,15,17,20,27H,8-10H2,1-3H3,(H,23,28)(H,30,31)/t15-,17?,20?/m1/s1. The number of benzene rings is 1. The molecule has 34 heavy (non-hydrogen) atoms. The second-order valence-corrected chi connectivity index (χ2v) is 11.3. The van der Waals surface area contributed by atoms with Gasteiger partial charge < -0.3 is 20.4 Å². The first kappa shape index (κ1) is 24.8. The average molecular weight is 523 g/mol. The van der Waals surface area contributed by atoms with E-state index in [4.69, 9.17) is 12.2 Å². The highest BCUT2D eigenvalue weighted by atomic mass is 32.2. The van der Waals surface area contributed by atoms with Gasteiger partial charge >= 0.3 is 5.97 Å². The van der Waals surface area contributed by atoms with Crippen molar-refractivity contribution in [1.82, 2.24) is 20.0 Å². The number of carboxylic acid groups (broad SMARTS) is 1. The summed E-state index contributed by atoms with van der Waals surface area (Å²) in [5, 5.41) is 21.7. The Morgan fingerprint density at radius 1 is 1.24 bits per heavy atom. The minimum atomic E-state index is -1.14. The van der Waals surface area contributed by atoms with E-state index < -0.39 is 29.3 Å². The Kier molecular flexibility index (Phi) is 7.13. The maximum Gasteiger partial charge on any atom is 0.352 e. The molecule has 1 aromatic rings. The number of carbonyl (C=O) groups excluding carboxylic acids is 2. The third kappa shape index (κ3) is 4.51. The van der Waals surface area contributed by atoms with Crippen molar-refractivity contribution in [3.63, 3.8) is 0 Å². The fourth-order valence-electron chi connectivity index (χ4n) is 4.24. The van der Waals surface area contributed by atoms with Crippen molar-refractivity contribution in [2.24, 2.45) is 0 Å². The molecule has 0 radical (unpaired) electrons. The average Bonchev–Trinajstić information content (AvgIpc) is 2.79. The third-order valence-corrected chi connectivity index (χ3v) is 8.98. The molecule has 0 spiro atoms. The molecule has 4 rings (SSSR count). The van der Waals surface area contributed by atoms with Gasteiger partial charge in [0.15, 0.2) is 0 Å². The highest BCUT2D eigenvalue weighted by Gasteiger charge is 2.54. The number of β-lactam (4-membered cyclic amide) rings is 1. The van der Waals surface area contributed by atoms with Crippen LogP contribution in [0.4, 0.5) is 0 Å². The van der Waals surface area contributed by atoms with Crippen molar-refractivity contribution in [3.8, 4) is 5.75 Å². The molecular weight excluding hydrogens is 496 g/mol. The van der Waals surface area contributed by atoms with Crippen LogP contribution < -0.4 is 5.32 Å². The van der Waals surface area contributed by atoms with Gasteiger partial charge in [0, 0.05) is 11.8 Å². The van der Waals surface area contributed by atoms with Crippen LogP contribution in [0.5, 0.6) is 5.75 Å². The molecule has 182 valence electrons. The quantitative estimate of drug-likeness (QED) is 0.379. The number of nitrogens with zero attached hydrogens (tertiary/aromatic N) is 3. The molecule has 3 aliphatic heterocycles. The summed E-state index contributed by atoms with van der Waals surface area (Å²) in [5.41, 5.74) is 1.31. The van der Waals surface area contributed by atoms with Gasteiger partial charge in [-0.25, -0.2) is 4.79 Å². The van der Waals surface area contributed by atoms with Crippen molar-refractivity contribution >= 4 is 57.8 Å². The third-order valence-electron chi connectivity index (χ3n) is 6.03. The minimum Gasteiger partial charge on any atom is -0.508 e. The van der Waals surface area contributed by atoms with E-state index in [0.29, 0.717) is 29.4 Å². The molecule has 3 heterocycles. The van der Waals surface area contributed by atoms with Crippen LogP contribution in [0.1, 0.15) is 32.4 Å². The van der Waals surface area contributed by atoms with E-state index in [1.54, 1.807) is 19.1 Å². The summed E-state index contributed by atoms with van der Waals surface area (Å²) in [6.45, 7) is 6.20. The first-order chi connectivity index (χ1) is 16.1. The summed E-state index contributed by atoms with van der Waals surface area (Å²) >= 11 is 8.39. The van der Waals surface area contributed by atoms with Crippen LogP contribution in [0.25, 0.3) is 0 Å². The van der Waals surface area contributed by atoms with E-state index in [2.05, 4.69) is 5.32 Å². The predicted molar refractivity (Wildman–Crippen MR) is 135 cm³/mol. The Hall–Kier alpha value is -2.28. The van der Waals surface area contributed by atoms with Crippen LogP contribution in [0, 0.1) is 0 Å². The summed E-state index contributed by atoms with van der Waals surface area (Å²) in [6, 6.07) is 5.06. The maximum atomic E-state index is 13.6. The fraction of sp³-hybridized carbons (Fsp3) is 0.455. The van der Waals surface area contributed by atoms with Crippen molar-refractivity contribution in [3.05, 3.63) is 41.1 Å². The summed E-state index contributed by atoms with van der Waals surface area (Å²) in [6.07, 6.45) is 0. The van der Waals surface area contributed by atoms with Gasteiger partial charge in [-0.1, -0.05) is 36.1 Å². The van der Waals surface area contributed by atoms with Crippen molar-refractivity contribution in [2.75, 3.05) is 18.3 Å². The fourth-order valence-corrected chi connectivity index (χ4v) is 6.90. The molecule has 3 N–H and O–H groups in total. The van der Waals surface area contributed by atoms with Gasteiger partial charge in [-0.2, -0.15) is 0 Å². The Morgan fingerprint density at radius 3 is 2.53 bits per heavy atom. The van der Waals surface area contributed by atoms with Crippen molar-refractivity contribution < 1.29 is 24.6 Å². The molecule has 0 aliphatic carbocycles. The number of fused-ring (bicyclic) bond motifs is 1. The highest BCUT2D eigenvalue weighted by Crippen LogP contribution is 2.40. The van der Waals surface area contributed by atoms with E-state index >= 15 is 0 Å². The number of hydrogen-bond donors (Lipinski definition) is 3. The van der Waals surface area contributed by atoms with E-state index in [0.717, 1.165) is 4.32 Å². The van der Waals surface area contributed by atoms with Crippen LogP contribution in [-0.4, -0.2) is 82.8 Å². The number of aliphatic carboxylic acids is 1. The number of amides is 2. The largest absolute Gasteiger partial charge is 0.508 e. The minimum absolute atomic E-state index is 0.00264. The van der Waals surface area contributed by atoms with Crippen LogP contribution in [0.2, 0.25) is 0 Å². The number of nitrogens with one attached hydrogen (secondary N) is 1. The first-order valence-corrected chi connectivity index (χ1v) is 13.2. The van der Waals surface area contributed by atoms with Gasteiger partial charge in [-0.15, -0.1) is 11.8 Å². The molecule has 2 unspecified atom stereocenters. The van der Waals surface area contributed by atoms with Crippen molar-refractivity contribution in [2.45, 2.75) is 44.3 Å². The molecule has 0 aromatic heterocycles. The zero-order chi connectivity index (χ0) is 24.7. The molecule has 9 nitrogen and oxygen atoms in total. The van der Waals surface area contributed by atoms with Crippen LogP contribution in [0.15, 0.2) is 35.5 Å². The molecular formula is C22H26N4O5S3. The summed E-state index contributed by atoms with van der Waals surface area (Å²) in [7, 11) is 0. The van der Waals surface area contributed by atoms with E-state index in [1.165, 1.54) is 40.6 Å². The van der Waals surface area contributed by atoms with Gasteiger partial charge in [-0.05, 0) is 44.0 Å². The maximum absolute atomic E-state index is 13.6. The monoisotopic (exact) mass is 522 g/mol. The highest BCUT2D eigenvalue weighted by molar-refractivity contribution is 8.22. The van der Waals surface area contributed by atoms with Crippen molar-refractivity contribution in [1.29, 1.82) is 0 Å². The molecule has 2 fully saturated rings. The second-order valence-electron chi connectivity index (χ2n) is 8.66. The summed E-state index contributed by atoms with van der Waals surface area (Å²) in [4.78, 5) is 43.4. The number of hydrogen-bond acceptors (Lipinski definition) is 8. The molecule has 12 heteroatoms. The van der Waals surface area contributed by atoms with E-state index in [1.807, 2.05) is 23.6 Å². The van der Waals surface area contributed by atoms with Crippen LogP contribution >= 0.6 is 35.7 Å². The van der Waals surface area contributed by atoms with Crippen LogP contribution in [-0.2, 0) is 14.4 Å². The lowest BCUT2D eigenvalue weighted by Crippen LogP contribution is -2.71. The molecule has 3 atom stereocenters. The van der Waals surface area contributed by atoms with Crippen LogP contribution in [0.3, 0.4) is 0 Å². The normalized spacial score (nSPS) is 24.1. The van der Waals surface area contributed by atoms with Gasteiger partial charge in [-0.3, -0.25) is 19.4 Å². The van der Waals surface area contributed by atoms with Gasteiger partial charge in [0.1, 0.15) is 33.2 Å². The van der Waals surface area contributed by atoms with Gasteiger partial charge in [0.05, 0.1) is 12.5 Å². The number of phenols is 1. The van der Waals surface area contributed by atoms with E-state index in [9.17, 15) is 24.6 Å². The zero-order valence-corrected chi connectivity index (χ0v) is 21.4. The number of rotatable bonds is 6. The topological polar surface area (TPSA) is 113 Å². The predicted octanol–water partition coefficient (Wildman–Crippen LogP) is 2.15. The lowest BCUT2D eigenvalue weighted by Gasteiger charge is -2.50. The molecule has 2 amide bonds. The Labute approximate surface area is 211 Å². The molecule has 2 saturated heterocycles. The molecule has 1 aromatic carbocycles. The SMILES string of the molecule is CC1=C(C(=O)O)N2C(=O)[C@@H](NC(=O)C(c3ccc(O)cc3)N3CSC(=S)N(C(C)C)C3)C2SC1. The second kappa shape index (κ2) is 9.76. The summed E-state index contributed by atoms with van der Waals surface area (Å²) in [5.74, 6) is -0.859. The molecule has 0 saturated carbocycles. The number of thioether (sulfide) groups is 2. The first-order valence-electron chi connectivity index (χ1n) is 10.7.